The van der Waals surface area contributed by atoms with Gasteiger partial charge in [0.15, 0.2) is 0 Å². The lowest BCUT2D eigenvalue weighted by molar-refractivity contribution is -0.267. The fourth-order valence-electron chi connectivity index (χ4n) is 1.78. The molecule has 15 heavy (non-hydrogen) atoms. The maximum Gasteiger partial charge on any atom is 0.460 e. The van der Waals surface area contributed by atoms with E-state index in [1.807, 2.05) is 0 Å². The Morgan fingerprint density at radius 1 is 1.33 bits per heavy atom. The van der Waals surface area contributed by atoms with Crippen molar-refractivity contribution in [3.05, 3.63) is 0 Å². The van der Waals surface area contributed by atoms with Gasteiger partial charge in [0, 0.05) is 17.9 Å². The van der Waals surface area contributed by atoms with Crippen LogP contribution in [0, 0.1) is 0 Å². The van der Waals surface area contributed by atoms with Crippen molar-refractivity contribution in [2.24, 2.45) is 0 Å². The smallest absolute Gasteiger partial charge is 0.379 e. The van der Waals surface area contributed by atoms with Gasteiger partial charge in [-0.2, -0.15) is 13.2 Å². The molecular formula is C9H15BrF3NO. The lowest BCUT2D eigenvalue weighted by atomic mass is 10.0. The monoisotopic (exact) mass is 289 g/mol. The Morgan fingerprint density at radius 3 is 2.67 bits per heavy atom. The molecule has 1 atom stereocenters. The van der Waals surface area contributed by atoms with Crippen molar-refractivity contribution in [2.45, 2.75) is 31.6 Å². The molecule has 6 heteroatoms. The molecule has 0 aliphatic carbocycles. The highest BCUT2D eigenvalue weighted by molar-refractivity contribution is 9.09. The summed E-state index contributed by atoms with van der Waals surface area (Å²) in [6, 6.07) is -0.502. The van der Waals surface area contributed by atoms with Crippen molar-refractivity contribution in [3.8, 4) is 0 Å². The molecule has 0 N–H and O–H groups in total. The summed E-state index contributed by atoms with van der Waals surface area (Å²) in [5, 5.41) is 0.658. The van der Waals surface area contributed by atoms with Gasteiger partial charge in [0.25, 0.3) is 0 Å². The molecule has 90 valence electrons. The molecule has 0 aromatic heterocycles. The molecule has 1 aliphatic rings. The Kier molecular flexibility index (Phi) is 5.35. The Balaban J connectivity index is 2.43. The number of ether oxygens (including phenoxy) is 1. The first-order valence-corrected chi connectivity index (χ1v) is 6.15. The number of likely N-dealkylation sites (tertiary alicyclic amines) is 1. The summed E-state index contributed by atoms with van der Waals surface area (Å²) in [7, 11) is 0. The van der Waals surface area contributed by atoms with E-state index in [-0.39, 0.29) is 13.2 Å². The van der Waals surface area contributed by atoms with Gasteiger partial charge in [0.1, 0.15) is 0 Å². The molecule has 0 spiro atoms. The van der Waals surface area contributed by atoms with Crippen LogP contribution in [0.2, 0.25) is 0 Å². The zero-order chi connectivity index (χ0) is 11.3. The summed E-state index contributed by atoms with van der Waals surface area (Å²) < 4.78 is 42.8. The average molecular weight is 290 g/mol. The van der Waals surface area contributed by atoms with Gasteiger partial charge >= 0.3 is 6.30 Å². The minimum Gasteiger partial charge on any atom is -0.379 e. The van der Waals surface area contributed by atoms with Gasteiger partial charge < -0.3 is 4.74 Å². The van der Waals surface area contributed by atoms with E-state index in [0.29, 0.717) is 29.7 Å². The van der Waals surface area contributed by atoms with E-state index in [2.05, 4.69) is 15.9 Å². The van der Waals surface area contributed by atoms with E-state index in [1.165, 1.54) is 0 Å². The third-order valence-corrected chi connectivity index (χ3v) is 2.81. The van der Waals surface area contributed by atoms with Gasteiger partial charge in [-0.25, -0.2) is 4.90 Å². The molecule has 0 saturated carbocycles. The molecule has 0 radical (unpaired) electrons. The molecule has 1 rings (SSSR count). The predicted octanol–water partition coefficient (Wildman–Crippen LogP) is 2.77. The number of halogens is 4. The number of hydrogen-bond acceptors (Lipinski definition) is 2. The van der Waals surface area contributed by atoms with E-state index in [9.17, 15) is 13.2 Å². The topological polar surface area (TPSA) is 12.5 Å². The van der Waals surface area contributed by atoms with Gasteiger partial charge in [-0.3, -0.25) is 0 Å². The Hall–Kier alpha value is 0.190. The van der Waals surface area contributed by atoms with Crippen molar-refractivity contribution in [2.75, 3.05) is 25.1 Å². The number of hydrogen-bond donors (Lipinski definition) is 0. The van der Waals surface area contributed by atoms with E-state index < -0.39 is 12.3 Å². The third kappa shape index (κ3) is 4.28. The molecular weight excluding hydrogens is 275 g/mol. The second kappa shape index (κ2) is 6.06. The van der Waals surface area contributed by atoms with E-state index in [0.717, 1.165) is 6.42 Å². The van der Waals surface area contributed by atoms with Crippen LogP contribution in [0.5, 0.6) is 0 Å². The lowest BCUT2D eigenvalue weighted by Gasteiger charge is -2.36. The third-order valence-electron chi connectivity index (χ3n) is 2.48. The van der Waals surface area contributed by atoms with Gasteiger partial charge in [-0.15, -0.1) is 0 Å². The number of alkyl halides is 4. The number of rotatable bonds is 4. The summed E-state index contributed by atoms with van der Waals surface area (Å²) in [5.41, 5.74) is 0. The maximum absolute atomic E-state index is 12.6. The first-order chi connectivity index (χ1) is 7.05. The van der Waals surface area contributed by atoms with Crippen LogP contribution in [0.1, 0.15) is 19.3 Å². The van der Waals surface area contributed by atoms with Crippen LogP contribution in [-0.4, -0.2) is 42.3 Å². The second-order valence-electron chi connectivity index (χ2n) is 3.57. The highest BCUT2D eigenvalue weighted by atomic mass is 79.9. The number of nitrogens with zero attached hydrogens (tertiary/aromatic N) is 1. The molecule has 0 unspecified atom stereocenters. The van der Waals surface area contributed by atoms with E-state index in [1.54, 1.807) is 0 Å². The molecule has 1 heterocycles. The van der Waals surface area contributed by atoms with Crippen molar-refractivity contribution >= 4 is 15.9 Å². The first-order valence-electron chi connectivity index (χ1n) is 5.03. The van der Waals surface area contributed by atoms with E-state index in [4.69, 9.17) is 4.74 Å². The summed E-state index contributed by atoms with van der Waals surface area (Å²) in [4.78, 5) is 0.602. The van der Waals surface area contributed by atoms with Gasteiger partial charge in [0.2, 0.25) is 0 Å². The molecule has 0 aromatic carbocycles. The van der Waals surface area contributed by atoms with Crippen LogP contribution in [0.3, 0.4) is 0 Å². The molecule has 0 bridgehead atoms. The molecule has 1 fully saturated rings. The minimum absolute atomic E-state index is 0.103. The Morgan fingerprint density at radius 2 is 2.07 bits per heavy atom. The molecule has 0 amide bonds. The fraction of sp³-hybridized carbons (Fsp3) is 1.00. The van der Waals surface area contributed by atoms with Gasteiger partial charge in [0.05, 0.1) is 13.2 Å². The summed E-state index contributed by atoms with van der Waals surface area (Å²) in [6.45, 7) is 0.735. The van der Waals surface area contributed by atoms with Crippen molar-refractivity contribution < 1.29 is 17.9 Å². The SMILES string of the molecule is FC(F)(F)N1CCCC[C@H]1COCCBr. The van der Waals surface area contributed by atoms with Crippen LogP contribution >= 0.6 is 15.9 Å². The zero-order valence-electron chi connectivity index (χ0n) is 8.39. The summed E-state index contributed by atoms with van der Waals surface area (Å²) in [6.07, 6.45) is -2.17. The molecule has 2 nitrogen and oxygen atoms in total. The summed E-state index contributed by atoms with van der Waals surface area (Å²) >= 11 is 3.17. The van der Waals surface area contributed by atoms with Crippen LogP contribution in [0.25, 0.3) is 0 Å². The predicted molar refractivity (Wildman–Crippen MR) is 55.0 cm³/mol. The van der Waals surface area contributed by atoms with Crippen molar-refractivity contribution in [1.82, 2.24) is 4.90 Å². The zero-order valence-corrected chi connectivity index (χ0v) is 9.98. The second-order valence-corrected chi connectivity index (χ2v) is 4.37. The maximum atomic E-state index is 12.6. The largest absolute Gasteiger partial charge is 0.460 e. The number of piperidine rings is 1. The van der Waals surface area contributed by atoms with Crippen molar-refractivity contribution in [3.63, 3.8) is 0 Å². The quantitative estimate of drug-likeness (QED) is 0.448. The average Bonchev–Trinajstić information content (AvgIpc) is 2.17. The normalized spacial score (nSPS) is 24.4. The minimum atomic E-state index is -4.22. The standard InChI is InChI=1S/C9H15BrF3NO/c10-4-6-15-7-8-3-1-2-5-14(8)9(11,12)13/h8H,1-7H2/t8-/m0/s1. The molecule has 1 saturated heterocycles. The fourth-order valence-corrected chi connectivity index (χ4v) is 2.01. The highest BCUT2D eigenvalue weighted by Crippen LogP contribution is 2.29. The highest BCUT2D eigenvalue weighted by Gasteiger charge is 2.42. The van der Waals surface area contributed by atoms with Crippen LogP contribution in [-0.2, 0) is 4.74 Å². The molecule has 1 aliphatic heterocycles. The molecule has 0 aromatic rings. The van der Waals surface area contributed by atoms with Crippen LogP contribution in [0.4, 0.5) is 13.2 Å². The van der Waals surface area contributed by atoms with Gasteiger partial charge in [-0.1, -0.05) is 22.4 Å². The van der Waals surface area contributed by atoms with Crippen LogP contribution in [0.15, 0.2) is 0 Å². The first kappa shape index (κ1) is 13.3. The Labute approximate surface area is 95.9 Å². The van der Waals surface area contributed by atoms with Gasteiger partial charge in [-0.05, 0) is 12.8 Å². The summed E-state index contributed by atoms with van der Waals surface area (Å²) in [5.74, 6) is 0. The Bertz CT molecular complexity index is 189. The lowest BCUT2D eigenvalue weighted by Crippen LogP contribution is -2.50. The van der Waals surface area contributed by atoms with Crippen molar-refractivity contribution in [1.29, 1.82) is 0 Å². The van der Waals surface area contributed by atoms with Crippen LogP contribution < -0.4 is 0 Å². The van der Waals surface area contributed by atoms with E-state index >= 15 is 0 Å².